The summed E-state index contributed by atoms with van der Waals surface area (Å²) in [5.41, 5.74) is 7.96. The van der Waals surface area contributed by atoms with Crippen LogP contribution in [0.3, 0.4) is 0 Å². The highest BCUT2D eigenvalue weighted by atomic mass is 16.3. The van der Waals surface area contributed by atoms with Crippen molar-refractivity contribution in [2.24, 2.45) is 5.73 Å². The third kappa shape index (κ3) is 3.14. The largest absolute Gasteiger partial charge is 0.390 e. The van der Waals surface area contributed by atoms with E-state index in [0.717, 1.165) is 24.0 Å². The monoisotopic (exact) mass is 262 g/mol. The van der Waals surface area contributed by atoms with Crippen LogP contribution in [0.15, 0.2) is 24.3 Å². The Balaban J connectivity index is 2.01. The number of hydrogen-bond donors (Lipinski definition) is 3. The number of aliphatic hydroxyl groups excluding tert-OH is 1. The van der Waals surface area contributed by atoms with Crippen LogP contribution in [-0.4, -0.2) is 23.2 Å². The fourth-order valence-electron chi connectivity index (χ4n) is 2.56. The van der Waals surface area contributed by atoms with Crippen molar-refractivity contribution in [3.05, 3.63) is 35.4 Å². The van der Waals surface area contributed by atoms with Gasteiger partial charge in [-0.05, 0) is 17.5 Å². The molecule has 4 N–H and O–H groups in total. The molecule has 2 rings (SSSR count). The molecule has 0 bridgehead atoms. The predicted molar refractivity (Wildman–Crippen MR) is 74.5 cm³/mol. The zero-order valence-corrected chi connectivity index (χ0v) is 11.3. The van der Waals surface area contributed by atoms with Gasteiger partial charge in [0.1, 0.15) is 0 Å². The molecule has 1 aromatic rings. The van der Waals surface area contributed by atoms with Crippen molar-refractivity contribution in [2.45, 2.75) is 50.8 Å². The molecule has 3 atom stereocenters. The van der Waals surface area contributed by atoms with Gasteiger partial charge < -0.3 is 16.2 Å². The van der Waals surface area contributed by atoms with E-state index in [1.165, 1.54) is 0 Å². The van der Waals surface area contributed by atoms with Crippen LogP contribution < -0.4 is 11.1 Å². The molecule has 0 saturated carbocycles. The van der Waals surface area contributed by atoms with Gasteiger partial charge in [0.25, 0.3) is 0 Å². The Labute approximate surface area is 114 Å². The molecule has 0 heterocycles. The molecule has 1 aliphatic carbocycles. The minimum atomic E-state index is -0.556. The minimum absolute atomic E-state index is 0.172. The van der Waals surface area contributed by atoms with E-state index in [1.54, 1.807) is 0 Å². The molecule has 1 aromatic carbocycles. The molecule has 4 heteroatoms. The molecule has 19 heavy (non-hydrogen) atoms. The highest BCUT2D eigenvalue weighted by Crippen LogP contribution is 2.31. The lowest BCUT2D eigenvalue weighted by Crippen LogP contribution is -2.44. The van der Waals surface area contributed by atoms with Crippen molar-refractivity contribution in [3.8, 4) is 0 Å². The van der Waals surface area contributed by atoms with E-state index in [-0.39, 0.29) is 11.9 Å². The summed E-state index contributed by atoms with van der Waals surface area (Å²) < 4.78 is 0. The lowest BCUT2D eigenvalue weighted by atomic mass is 10.1. The van der Waals surface area contributed by atoms with Crippen LogP contribution >= 0.6 is 0 Å². The average Bonchev–Trinajstić information content (AvgIpc) is 2.72. The molecule has 1 aliphatic rings. The fraction of sp³-hybridized carbons (Fsp3) is 0.533. The number of nitrogens with two attached hydrogens (primary N) is 1. The standard InChI is InChI=1S/C15H22N2O2/c1-2-3-8-12(16)15(19)17-14-11-7-5-4-6-10(11)9-13(14)18/h4-7,12-14,18H,2-3,8-9,16H2,1H3,(H,17,19)/t12-,13+,14-/m0/s1. The Kier molecular flexibility index (Phi) is 4.56. The summed E-state index contributed by atoms with van der Waals surface area (Å²) in [5.74, 6) is -0.172. The van der Waals surface area contributed by atoms with Crippen LogP contribution in [0.1, 0.15) is 43.4 Å². The second kappa shape index (κ2) is 6.17. The molecule has 0 radical (unpaired) electrons. The van der Waals surface area contributed by atoms with Gasteiger partial charge in [-0.25, -0.2) is 0 Å². The summed E-state index contributed by atoms with van der Waals surface area (Å²) in [6.07, 6.45) is 2.69. The van der Waals surface area contributed by atoms with Gasteiger partial charge in [0, 0.05) is 6.42 Å². The average molecular weight is 262 g/mol. The molecule has 4 nitrogen and oxygen atoms in total. The number of benzene rings is 1. The third-order valence-electron chi connectivity index (χ3n) is 3.71. The van der Waals surface area contributed by atoms with E-state index in [0.29, 0.717) is 12.8 Å². The molecular weight excluding hydrogens is 240 g/mol. The first kappa shape index (κ1) is 14.0. The SMILES string of the molecule is CCCC[C@H](N)C(=O)N[C@H]1c2ccccc2C[C@H]1O. The summed E-state index contributed by atoms with van der Waals surface area (Å²) in [7, 11) is 0. The van der Waals surface area contributed by atoms with Gasteiger partial charge in [-0.1, -0.05) is 44.0 Å². The van der Waals surface area contributed by atoms with Crippen LogP contribution in [0, 0.1) is 0 Å². The lowest BCUT2D eigenvalue weighted by Gasteiger charge is -2.20. The normalized spacial score (nSPS) is 22.9. The highest BCUT2D eigenvalue weighted by molar-refractivity contribution is 5.82. The number of amides is 1. The van der Waals surface area contributed by atoms with Crippen molar-refractivity contribution in [2.75, 3.05) is 0 Å². The van der Waals surface area contributed by atoms with Crippen LogP contribution in [0.5, 0.6) is 0 Å². The Hall–Kier alpha value is -1.39. The van der Waals surface area contributed by atoms with Crippen LogP contribution in [0.2, 0.25) is 0 Å². The molecule has 0 aromatic heterocycles. The number of carbonyl (C=O) groups is 1. The Morgan fingerprint density at radius 3 is 3.00 bits per heavy atom. The molecule has 0 saturated heterocycles. The van der Waals surface area contributed by atoms with E-state index >= 15 is 0 Å². The second-order valence-electron chi connectivity index (χ2n) is 5.21. The van der Waals surface area contributed by atoms with Gasteiger partial charge >= 0.3 is 0 Å². The predicted octanol–water partition coefficient (Wildman–Crippen LogP) is 1.28. The van der Waals surface area contributed by atoms with Gasteiger partial charge in [-0.3, -0.25) is 4.79 Å². The molecule has 0 fully saturated rings. The zero-order chi connectivity index (χ0) is 13.8. The summed E-state index contributed by atoms with van der Waals surface area (Å²) in [5, 5.41) is 12.9. The Morgan fingerprint density at radius 1 is 1.53 bits per heavy atom. The minimum Gasteiger partial charge on any atom is -0.390 e. The maximum atomic E-state index is 12.0. The number of nitrogens with one attached hydrogen (secondary N) is 1. The number of carbonyl (C=O) groups excluding carboxylic acids is 1. The third-order valence-corrected chi connectivity index (χ3v) is 3.71. The first-order valence-corrected chi connectivity index (χ1v) is 6.95. The van der Waals surface area contributed by atoms with Crippen molar-refractivity contribution < 1.29 is 9.90 Å². The van der Waals surface area contributed by atoms with E-state index in [2.05, 4.69) is 12.2 Å². The summed E-state index contributed by atoms with van der Waals surface area (Å²) in [4.78, 5) is 12.0. The number of fused-ring (bicyclic) bond motifs is 1. The zero-order valence-electron chi connectivity index (χ0n) is 11.3. The molecule has 0 unspecified atom stereocenters. The van der Waals surface area contributed by atoms with E-state index in [1.807, 2.05) is 24.3 Å². The van der Waals surface area contributed by atoms with Gasteiger partial charge in [0.05, 0.1) is 18.2 Å². The van der Waals surface area contributed by atoms with Gasteiger partial charge in [0.15, 0.2) is 0 Å². The van der Waals surface area contributed by atoms with Gasteiger partial charge in [0.2, 0.25) is 5.91 Å². The Morgan fingerprint density at radius 2 is 2.26 bits per heavy atom. The van der Waals surface area contributed by atoms with E-state index in [4.69, 9.17) is 5.73 Å². The number of unbranched alkanes of at least 4 members (excludes halogenated alkanes) is 1. The Bertz CT molecular complexity index is 448. The summed E-state index contributed by atoms with van der Waals surface area (Å²) in [6.45, 7) is 2.07. The highest BCUT2D eigenvalue weighted by Gasteiger charge is 2.32. The number of rotatable bonds is 5. The topological polar surface area (TPSA) is 75.4 Å². The smallest absolute Gasteiger partial charge is 0.237 e. The lowest BCUT2D eigenvalue weighted by molar-refractivity contribution is -0.124. The van der Waals surface area contributed by atoms with Crippen molar-refractivity contribution in [1.82, 2.24) is 5.32 Å². The fourth-order valence-corrected chi connectivity index (χ4v) is 2.56. The molecule has 0 spiro atoms. The molecular formula is C15H22N2O2. The van der Waals surface area contributed by atoms with Crippen molar-refractivity contribution in [3.63, 3.8) is 0 Å². The van der Waals surface area contributed by atoms with E-state index < -0.39 is 12.1 Å². The number of aliphatic hydroxyl groups is 1. The van der Waals surface area contributed by atoms with Gasteiger partial charge in [-0.15, -0.1) is 0 Å². The summed E-state index contributed by atoms with van der Waals surface area (Å²) >= 11 is 0. The maximum absolute atomic E-state index is 12.0. The quantitative estimate of drug-likeness (QED) is 0.748. The first-order valence-electron chi connectivity index (χ1n) is 6.95. The maximum Gasteiger partial charge on any atom is 0.237 e. The first-order chi connectivity index (χ1) is 9.13. The van der Waals surface area contributed by atoms with Crippen LogP contribution in [0.25, 0.3) is 0 Å². The molecule has 104 valence electrons. The van der Waals surface area contributed by atoms with Crippen molar-refractivity contribution in [1.29, 1.82) is 0 Å². The van der Waals surface area contributed by atoms with Crippen LogP contribution in [0.4, 0.5) is 0 Å². The van der Waals surface area contributed by atoms with E-state index in [9.17, 15) is 9.90 Å². The van der Waals surface area contributed by atoms with Gasteiger partial charge in [-0.2, -0.15) is 0 Å². The molecule has 0 aliphatic heterocycles. The van der Waals surface area contributed by atoms with Crippen molar-refractivity contribution >= 4 is 5.91 Å². The summed E-state index contributed by atoms with van der Waals surface area (Å²) in [6, 6.07) is 7.00. The number of hydrogen-bond acceptors (Lipinski definition) is 3. The molecule has 1 amide bonds. The van der Waals surface area contributed by atoms with Crippen LogP contribution in [-0.2, 0) is 11.2 Å². The second-order valence-corrected chi connectivity index (χ2v) is 5.21.